The van der Waals surface area contributed by atoms with Crippen LogP contribution in [0.5, 0.6) is 5.75 Å². The van der Waals surface area contributed by atoms with E-state index in [0.29, 0.717) is 6.04 Å². The summed E-state index contributed by atoms with van der Waals surface area (Å²) in [5, 5.41) is 9.29. The van der Waals surface area contributed by atoms with Crippen molar-refractivity contribution in [1.82, 2.24) is 19.7 Å². The maximum atomic E-state index is 5.45. The van der Waals surface area contributed by atoms with Crippen molar-refractivity contribution in [3.8, 4) is 5.75 Å². The molecule has 24 heavy (non-hydrogen) atoms. The zero-order valence-corrected chi connectivity index (χ0v) is 14.2. The van der Waals surface area contributed by atoms with Crippen molar-refractivity contribution in [2.45, 2.75) is 39.3 Å². The third-order valence-corrected chi connectivity index (χ3v) is 4.58. The zero-order valence-electron chi connectivity index (χ0n) is 14.2. The summed E-state index contributed by atoms with van der Waals surface area (Å²) >= 11 is 0. The molecule has 2 aromatic heterocycles. The van der Waals surface area contributed by atoms with Gasteiger partial charge in [0.2, 0.25) is 0 Å². The lowest BCUT2D eigenvalue weighted by Crippen LogP contribution is -2.32. The minimum Gasteiger partial charge on any atom is -0.494 e. The predicted molar refractivity (Wildman–Crippen MR) is 93.5 cm³/mol. The van der Waals surface area contributed by atoms with E-state index in [1.165, 1.54) is 0 Å². The lowest BCUT2D eigenvalue weighted by atomic mass is 10.0. The molecule has 3 heterocycles. The van der Waals surface area contributed by atoms with Crippen molar-refractivity contribution < 1.29 is 4.74 Å². The Morgan fingerprint density at radius 2 is 2.17 bits per heavy atom. The summed E-state index contributed by atoms with van der Waals surface area (Å²) in [5.74, 6) is 2.73. The number of methoxy groups -OCH3 is 1. The molecule has 6 nitrogen and oxygen atoms in total. The van der Waals surface area contributed by atoms with E-state index < -0.39 is 0 Å². The molecular weight excluding hydrogens is 302 g/mol. The molecule has 4 rings (SSSR count). The van der Waals surface area contributed by atoms with Crippen LogP contribution >= 0.6 is 0 Å². The molecule has 124 valence electrons. The van der Waals surface area contributed by atoms with Gasteiger partial charge in [0, 0.05) is 29.7 Å². The van der Waals surface area contributed by atoms with Crippen molar-refractivity contribution in [2.75, 3.05) is 12.4 Å². The third-order valence-electron chi connectivity index (χ3n) is 4.58. The number of anilines is 1. The van der Waals surface area contributed by atoms with Crippen molar-refractivity contribution in [3.05, 3.63) is 41.6 Å². The SMILES string of the molecule is COc1cccc2c(N[C@@H]3CCc4nc(C)nn4C3)c(C)cnc12. The molecule has 0 unspecified atom stereocenters. The van der Waals surface area contributed by atoms with E-state index in [1.54, 1.807) is 7.11 Å². The van der Waals surface area contributed by atoms with Gasteiger partial charge in [0.25, 0.3) is 0 Å². The average molecular weight is 323 g/mol. The fourth-order valence-electron chi connectivity index (χ4n) is 3.41. The van der Waals surface area contributed by atoms with Gasteiger partial charge in [-0.3, -0.25) is 4.98 Å². The lowest BCUT2D eigenvalue weighted by Gasteiger charge is -2.26. The van der Waals surface area contributed by atoms with Crippen LogP contribution in [-0.4, -0.2) is 32.9 Å². The second-order valence-electron chi connectivity index (χ2n) is 6.31. The fraction of sp³-hybridized carbons (Fsp3) is 0.389. The fourth-order valence-corrected chi connectivity index (χ4v) is 3.41. The van der Waals surface area contributed by atoms with E-state index in [-0.39, 0.29) is 0 Å². The number of ether oxygens (including phenoxy) is 1. The van der Waals surface area contributed by atoms with Crippen LogP contribution in [-0.2, 0) is 13.0 Å². The second kappa shape index (κ2) is 5.78. The highest BCUT2D eigenvalue weighted by Crippen LogP contribution is 2.32. The van der Waals surface area contributed by atoms with E-state index in [9.17, 15) is 0 Å². The first kappa shape index (κ1) is 14.9. The second-order valence-corrected chi connectivity index (χ2v) is 6.31. The Kier molecular flexibility index (Phi) is 3.59. The Morgan fingerprint density at radius 1 is 1.29 bits per heavy atom. The van der Waals surface area contributed by atoms with E-state index >= 15 is 0 Å². The minimum atomic E-state index is 0.328. The van der Waals surface area contributed by atoms with E-state index in [2.05, 4.69) is 33.4 Å². The molecule has 0 spiro atoms. The normalized spacial score (nSPS) is 16.9. The van der Waals surface area contributed by atoms with Crippen LogP contribution in [0.15, 0.2) is 24.4 Å². The number of fused-ring (bicyclic) bond motifs is 2. The predicted octanol–water partition coefficient (Wildman–Crippen LogP) is 2.88. The lowest BCUT2D eigenvalue weighted by molar-refractivity contribution is 0.419. The smallest absolute Gasteiger partial charge is 0.147 e. The number of nitrogens with one attached hydrogen (secondary N) is 1. The summed E-state index contributed by atoms with van der Waals surface area (Å²) in [5.41, 5.74) is 3.15. The third kappa shape index (κ3) is 2.48. The molecule has 0 radical (unpaired) electrons. The molecule has 1 aliphatic heterocycles. The Labute approximate surface area is 140 Å². The van der Waals surface area contributed by atoms with Gasteiger partial charge in [0.15, 0.2) is 0 Å². The van der Waals surface area contributed by atoms with Crippen LogP contribution in [0.2, 0.25) is 0 Å². The van der Waals surface area contributed by atoms with E-state index in [0.717, 1.165) is 58.9 Å². The molecule has 0 bridgehead atoms. The zero-order chi connectivity index (χ0) is 16.7. The number of aromatic nitrogens is 4. The number of hydrogen-bond acceptors (Lipinski definition) is 5. The summed E-state index contributed by atoms with van der Waals surface area (Å²) in [7, 11) is 1.68. The molecule has 0 saturated heterocycles. The molecular formula is C18H21N5O. The van der Waals surface area contributed by atoms with Crippen molar-refractivity contribution >= 4 is 16.6 Å². The van der Waals surface area contributed by atoms with Crippen LogP contribution in [0.4, 0.5) is 5.69 Å². The van der Waals surface area contributed by atoms with Crippen LogP contribution < -0.4 is 10.1 Å². The summed E-state index contributed by atoms with van der Waals surface area (Å²) < 4.78 is 7.47. The van der Waals surface area contributed by atoms with Gasteiger partial charge < -0.3 is 10.1 Å². The highest BCUT2D eigenvalue weighted by Gasteiger charge is 2.22. The van der Waals surface area contributed by atoms with E-state index in [1.807, 2.05) is 29.9 Å². The molecule has 6 heteroatoms. The first-order valence-corrected chi connectivity index (χ1v) is 8.25. The van der Waals surface area contributed by atoms with Gasteiger partial charge in [0.1, 0.15) is 22.9 Å². The van der Waals surface area contributed by atoms with Crippen LogP contribution in [0, 0.1) is 13.8 Å². The molecule has 3 aromatic rings. The number of hydrogen-bond donors (Lipinski definition) is 1. The highest BCUT2D eigenvalue weighted by atomic mass is 16.5. The highest BCUT2D eigenvalue weighted by molar-refractivity contribution is 5.96. The average Bonchev–Trinajstić information content (AvgIpc) is 2.96. The quantitative estimate of drug-likeness (QED) is 0.803. The molecule has 1 aliphatic rings. The van der Waals surface area contributed by atoms with Crippen LogP contribution in [0.25, 0.3) is 10.9 Å². The number of benzene rings is 1. The topological polar surface area (TPSA) is 64.9 Å². The molecule has 0 saturated carbocycles. The molecule has 0 amide bonds. The van der Waals surface area contributed by atoms with Gasteiger partial charge in [-0.2, -0.15) is 5.10 Å². The Bertz CT molecular complexity index is 902. The summed E-state index contributed by atoms with van der Waals surface area (Å²) in [6.45, 7) is 4.87. The maximum absolute atomic E-state index is 5.45. The monoisotopic (exact) mass is 323 g/mol. The molecule has 1 aromatic carbocycles. The van der Waals surface area contributed by atoms with Gasteiger partial charge in [-0.15, -0.1) is 0 Å². The summed E-state index contributed by atoms with van der Waals surface area (Å²) in [4.78, 5) is 9.03. The first-order chi connectivity index (χ1) is 11.7. The first-order valence-electron chi connectivity index (χ1n) is 8.25. The largest absolute Gasteiger partial charge is 0.494 e. The van der Waals surface area contributed by atoms with Gasteiger partial charge >= 0.3 is 0 Å². The standard InChI is InChI=1S/C18H21N5O/c1-11-9-19-18-14(5-4-6-15(18)24-3)17(11)21-13-7-8-16-20-12(2)22-23(16)10-13/h4-6,9,13H,7-8,10H2,1-3H3,(H,19,21)/t13-/m1/s1. The molecule has 1 N–H and O–H groups in total. The summed E-state index contributed by atoms with van der Waals surface area (Å²) in [6.07, 6.45) is 3.90. The number of nitrogens with zero attached hydrogens (tertiary/aromatic N) is 4. The van der Waals surface area contributed by atoms with Crippen LogP contribution in [0.1, 0.15) is 23.6 Å². The van der Waals surface area contributed by atoms with Crippen molar-refractivity contribution in [1.29, 1.82) is 0 Å². The summed E-state index contributed by atoms with van der Waals surface area (Å²) in [6, 6.07) is 6.37. The van der Waals surface area contributed by atoms with Crippen molar-refractivity contribution in [2.24, 2.45) is 0 Å². The van der Waals surface area contributed by atoms with E-state index in [4.69, 9.17) is 4.74 Å². The Hall–Kier alpha value is -2.63. The number of rotatable bonds is 3. The van der Waals surface area contributed by atoms with Crippen LogP contribution in [0.3, 0.4) is 0 Å². The molecule has 1 atom stereocenters. The van der Waals surface area contributed by atoms with Gasteiger partial charge in [0.05, 0.1) is 13.7 Å². The Balaban J connectivity index is 1.69. The van der Waals surface area contributed by atoms with Gasteiger partial charge in [-0.05, 0) is 31.9 Å². The molecule has 0 fully saturated rings. The molecule has 0 aliphatic carbocycles. The number of aryl methyl sites for hydroxylation is 3. The maximum Gasteiger partial charge on any atom is 0.147 e. The Morgan fingerprint density at radius 3 is 3.00 bits per heavy atom. The van der Waals surface area contributed by atoms with Crippen molar-refractivity contribution in [3.63, 3.8) is 0 Å². The number of para-hydroxylation sites is 1. The minimum absolute atomic E-state index is 0.328. The van der Waals surface area contributed by atoms with Gasteiger partial charge in [-0.1, -0.05) is 12.1 Å². The number of pyridine rings is 1. The van der Waals surface area contributed by atoms with Gasteiger partial charge in [-0.25, -0.2) is 9.67 Å².